The average Bonchev–Trinajstić information content (AvgIpc) is 2.91. The van der Waals surface area contributed by atoms with Crippen LogP contribution in [0.5, 0.6) is 0 Å². The zero-order valence-corrected chi connectivity index (χ0v) is 11.3. The van der Waals surface area contributed by atoms with Crippen molar-refractivity contribution in [3.05, 3.63) is 54.2 Å². The van der Waals surface area contributed by atoms with E-state index in [-0.39, 0.29) is 5.91 Å². The number of amides is 1. The van der Waals surface area contributed by atoms with Crippen LogP contribution in [-0.2, 0) is 11.2 Å². The Morgan fingerprint density at radius 2 is 2.05 bits per heavy atom. The molecule has 1 aromatic carbocycles. The molecule has 0 spiro atoms. The predicted molar refractivity (Wildman–Crippen MR) is 80.6 cm³/mol. The van der Waals surface area contributed by atoms with Gasteiger partial charge in [0.25, 0.3) is 0 Å². The summed E-state index contributed by atoms with van der Waals surface area (Å²) in [5, 5.41) is 10.3. The number of carbonyl (C=O) groups is 1. The van der Waals surface area contributed by atoms with Gasteiger partial charge in [-0.25, -0.2) is 4.98 Å². The highest BCUT2D eigenvalue weighted by atomic mass is 16.2. The summed E-state index contributed by atoms with van der Waals surface area (Å²) in [5.74, 6) is 0.183. The molecule has 0 bridgehead atoms. The fourth-order valence-corrected chi connectivity index (χ4v) is 2.12. The summed E-state index contributed by atoms with van der Waals surface area (Å²) >= 11 is 0. The van der Waals surface area contributed by atoms with Gasteiger partial charge < -0.3 is 11.1 Å². The highest BCUT2D eigenvalue weighted by molar-refractivity contribution is 6.00. The minimum Gasteiger partial charge on any atom is -0.320 e. The molecule has 6 heteroatoms. The van der Waals surface area contributed by atoms with Gasteiger partial charge in [0.05, 0.1) is 11.4 Å². The second kappa shape index (κ2) is 5.72. The van der Waals surface area contributed by atoms with Crippen LogP contribution in [-0.4, -0.2) is 27.1 Å². The van der Waals surface area contributed by atoms with Gasteiger partial charge in [0, 0.05) is 6.20 Å². The molecule has 0 aliphatic heterocycles. The molecule has 6 nitrogen and oxygen atoms in total. The Bertz CT molecular complexity index is 753. The van der Waals surface area contributed by atoms with Crippen molar-refractivity contribution >= 4 is 22.8 Å². The van der Waals surface area contributed by atoms with Crippen molar-refractivity contribution in [2.24, 2.45) is 5.73 Å². The molecule has 0 aliphatic rings. The molecule has 106 valence electrons. The molecule has 1 amide bonds. The number of anilines is 1. The molecular weight excluding hydrogens is 266 g/mol. The van der Waals surface area contributed by atoms with Gasteiger partial charge in [-0.3, -0.25) is 9.89 Å². The number of benzene rings is 1. The van der Waals surface area contributed by atoms with Gasteiger partial charge in [-0.1, -0.05) is 30.3 Å². The van der Waals surface area contributed by atoms with E-state index in [1.54, 1.807) is 12.3 Å². The third-order valence-corrected chi connectivity index (χ3v) is 3.21. The van der Waals surface area contributed by atoms with E-state index >= 15 is 0 Å². The first-order valence-corrected chi connectivity index (χ1v) is 6.63. The number of hydrogen-bond donors (Lipinski definition) is 3. The predicted octanol–water partition coefficient (Wildman–Crippen LogP) is 1.47. The maximum atomic E-state index is 12.1. The summed E-state index contributed by atoms with van der Waals surface area (Å²) in [4.78, 5) is 16.3. The van der Waals surface area contributed by atoms with Crippen LogP contribution in [0.1, 0.15) is 5.56 Å². The Morgan fingerprint density at radius 3 is 2.86 bits per heavy atom. The van der Waals surface area contributed by atoms with Crippen LogP contribution >= 0.6 is 0 Å². The maximum Gasteiger partial charge on any atom is 0.242 e. The standard InChI is InChI=1S/C15H15N5O/c16-12(9-10-5-2-1-3-6-10)15(21)18-14-11-7-4-8-17-13(11)19-20-14/h1-8,12H,9,16H2,(H2,17,18,19,20,21)/t12-/m0/s1. The van der Waals surface area contributed by atoms with E-state index in [1.807, 2.05) is 36.4 Å². The van der Waals surface area contributed by atoms with Gasteiger partial charge in [-0.15, -0.1) is 0 Å². The van der Waals surface area contributed by atoms with Gasteiger partial charge in [0.2, 0.25) is 5.91 Å². The molecule has 0 unspecified atom stereocenters. The number of carbonyl (C=O) groups excluding carboxylic acids is 1. The minimum absolute atomic E-state index is 0.267. The van der Waals surface area contributed by atoms with Crippen LogP contribution in [0.2, 0.25) is 0 Å². The molecule has 0 radical (unpaired) electrons. The molecule has 3 rings (SSSR count). The van der Waals surface area contributed by atoms with Crippen LogP contribution in [0, 0.1) is 0 Å². The van der Waals surface area contributed by atoms with Crippen LogP contribution < -0.4 is 11.1 Å². The number of nitrogens with two attached hydrogens (primary N) is 1. The Kier molecular flexibility index (Phi) is 3.61. The summed E-state index contributed by atoms with van der Waals surface area (Å²) in [6, 6.07) is 12.7. The average molecular weight is 281 g/mol. The normalized spacial score (nSPS) is 12.2. The number of nitrogens with zero attached hydrogens (tertiary/aromatic N) is 2. The molecule has 4 N–H and O–H groups in total. The summed E-state index contributed by atoms with van der Waals surface area (Å²) in [7, 11) is 0. The van der Waals surface area contributed by atoms with Crippen molar-refractivity contribution in [1.29, 1.82) is 0 Å². The lowest BCUT2D eigenvalue weighted by atomic mass is 10.1. The first-order valence-electron chi connectivity index (χ1n) is 6.63. The Hall–Kier alpha value is -2.73. The van der Waals surface area contributed by atoms with Crippen LogP contribution in [0.4, 0.5) is 5.82 Å². The van der Waals surface area contributed by atoms with Crippen LogP contribution in [0.3, 0.4) is 0 Å². The molecule has 0 saturated carbocycles. The van der Waals surface area contributed by atoms with Crippen molar-refractivity contribution in [1.82, 2.24) is 15.2 Å². The SMILES string of the molecule is N[C@@H](Cc1ccccc1)C(=O)Nc1n[nH]c2ncccc12. The van der Waals surface area contributed by atoms with E-state index < -0.39 is 6.04 Å². The number of pyridine rings is 1. The molecule has 3 aromatic rings. The molecule has 0 saturated heterocycles. The highest BCUT2D eigenvalue weighted by Gasteiger charge is 2.16. The first-order chi connectivity index (χ1) is 10.2. The largest absolute Gasteiger partial charge is 0.320 e. The van der Waals surface area contributed by atoms with E-state index in [1.165, 1.54) is 0 Å². The zero-order chi connectivity index (χ0) is 14.7. The van der Waals surface area contributed by atoms with E-state index in [0.717, 1.165) is 10.9 Å². The van der Waals surface area contributed by atoms with Gasteiger partial charge in [-0.05, 0) is 24.1 Å². The lowest BCUT2D eigenvalue weighted by Gasteiger charge is -2.11. The van der Waals surface area contributed by atoms with Crippen molar-refractivity contribution in [3.8, 4) is 0 Å². The topological polar surface area (TPSA) is 96.7 Å². The minimum atomic E-state index is -0.629. The first kappa shape index (κ1) is 13.3. The fourth-order valence-electron chi connectivity index (χ4n) is 2.12. The van der Waals surface area contributed by atoms with Gasteiger partial charge in [0.15, 0.2) is 11.5 Å². The lowest BCUT2D eigenvalue weighted by Crippen LogP contribution is -2.37. The number of fused-ring (bicyclic) bond motifs is 1. The summed E-state index contributed by atoms with van der Waals surface area (Å²) in [6.07, 6.45) is 2.14. The third kappa shape index (κ3) is 2.90. The second-order valence-corrected chi connectivity index (χ2v) is 4.76. The summed E-state index contributed by atoms with van der Waals surface area (Å²) in [5.41, 5.74) is 7.60. The van der Waals surface area contributed by atoms with E-state index in [4.69, 9.17) is 5.73 Å². The Morgan fingerprint density at radius 1 is 1.24 bits per heavy atom. The van der Waals surface area contributed by atoms with Crippen molar-refractivity contribution in [2.75, 3.05) is 5.32 Å². The van der Waals surface area contributed by atoms with Crippen molar-refractivity contribution in [3.63, 3.8) is 0 Å². The number of aromatic amines is 1. The highest BCUT2D eigenvalue weighted by Crippen LogP contribution is 2.17. The van der Waals surface area contributed by atoms with Crippen molar-refractivity contribution < 1.29 is 4.79 Å². The van der Waals surface area contributed by atoms with Gasteiger partial charge in [0.1, 0.15) is 0 Å². The molecule has 2 aromatic heterocycles. The second-order valence-electron chi connectivity index (χ2n) is 4.76. The summed E-state index contributed by atoms with van der Waals surface area (Å²) < 4.78 is 0. The number of rotatable bonds is 4. The molecule has 21 heavy (non-hydrogen) atoms. The fraction of sp³-hybridized carbons (Fsp3) is 0.133. The van der Waals surface area contributed by atoms with Gasteiger partial charge in [-0.2, -0.15) is 5.10 Å². The van der Waals surface area contributed by atoms with E-state index in [9.17, 15) is 4.79 Å². The molecular formula is C15H15N5O. The smallest absolute Gasteiger partial charge is 0.242 e. The molecule has 0 fully saturated rings. The number of hydrogen-bond acceptors (Lipinski definition) is 4. The monoisotopic (exact) mass is 281 g/mol. The van der Waals surface area contributed by atoms with Crippen LogP contribution in [0.15, 0.2) is 48.7 Å². The molecule has 0 aliphatic carbocycles. The van der Waals surface area contributed by atoms with Gasteiger partial charge >= 0.3 is 0 Å². The summed E-state index contributed by atoms with van der Waals surface area (Å²) in [6.45, 7) is 0. The number of nitrogens with one attached hydrogen (secondary N) is 2. The lowest BCUT2D eigenvalue weighted by molar-refractivity contribution is -0.117. The Labute approximate surface area is 121 Å². The Balaban J connectivity index is 1.71. The van der Waals surface area contributed by atoms with Crippen LogP contribution in [0.25, 0.3) is 11.0 Å². The molecule has 1 atom stereocenters. The quantitative estimate of drug-likeness (QED) is 0.674. The number of H-pyrrole nitrogens is 1. The molecule has 2 heterocycles. The zero-order valence-electron chi connectivity index (χ0n) is 11.3. The number of aromatic nitrogens is 3. The maximum absolute atomic E-state index is 12.1. The van der Waals surface area contributed by atoms with E-state index in [0.29, 0.717) is 17.9 Å². The third-order valence-electron chi connectivity index (χ3n) is 3.21. The van der Waals surface area contributed by atoms with Crippen molar-refractivity contribution in [2.45, 2.75) is 12.5 Å². The van der Waals surface area contributed by atoms with E-state index in [2.05, 4.69) is 20.5 Å².